The number of rotatable bonds is 7. The first kappa shape index (κ1) is 16.9. The number of benzene rings is 1. The predicted octanol–water partition coefficient (Wildman–Crippen LogP) is 1.17. The molecule has 1 amide bonds. The maximum atomic E-state index is 12.1. The van der Waals surface area contributed by atoms with Crippen LogP contribution in [0.1, 0.15) is 20.3 Å². The zero-order chi connectivity index (χ0) is 16.2. The van der Waals surface area contributed by atoms with Crippen molar-refractivity contribution in [2.45, 2.75) is 25.2 Å². The summed E-state index contributed by atoms with van der Waals surface area (Å²) >= 11 is 0. The molecule has 0 radical (unpaired) electrons. The Bertz CT molecular complexity index is 609. The molecule has 0 aromatic heterocycles. The number of carbonyl (C=O) groups excluding carboxylic acids is 1. The quantitative estimate of drug-likeness (QED) is 0.702. The standard InChI is InChI=1S/C15H23N3O3S/c1-3-8-17-22(20,21)14-6-4-13(5-7-14)18-15(19)11(2)12-9-16-10-12/h4-7,11-12,16-17H,3,8-10H2,1-2H3,(H,18,19). The van der Waals surface area contributed by atoms with Gasteiger partial charge in [-0.25, -0.2) is 13.1 Å². The largest absolute Gasteiger partial charge is 0.326 e. The smallest absolute Gasteiger partial charge is 0.240 e. The molecule has 1 fully saturated rings. The fourth-order valence-corrected chi connectivity index (χ4v) is 3.31. The van der Waals surface area contributed by atoms with Gasteiger partial charge in [0.15, 0.2) is 0 Å². The van der Waals surface area contributed by atoms with Gasteiger partial charge in [0.25, 0.3) is 0 Å². The molecule has 3 N–H and O–H groups in total. The lowest BCUT2D eigenvalue weighted by Gasteiger charge is -2.31. The lowest BCUT2D eigenvalue weighted by Crippen LogP contribution is -2.48. The van der Waals surface area contributed by atoms with E-state index in [0.29, 0.717) is 18.2 Å². The van der Waals surface area contributed by atoms with E-state index >= 15 is 0 Å². The molecule has 2 rings (SSSR count). The van der Waals surface area contributed by atoms with Gasteiger partial charge in [-0.15, -0.1) is 0 Å². The maximum Gasteiger partial charge on any atom is 0.240 e. The van der Waals surface area contributed by atoms with Crippen LogP contribution >= 0.6 is 0 Å². The minimum atomic E-state index is -3.46. The molecule has 0 aliphatic carbocycles. The molecule has 1 heterocycles. The Hall–Kier alpha value is -1.44. The van der Waals surface area contributed by atoms with Crippen molar-refractivity contribution in [2.75, 3.05) is 25.0 Å². The molecule has 1 aromatic carbocycles. The van der Waals surface area contributed by atoms with Gasteiger partial charge in [0.2, 0.25) is 15.9 Å². The lowest BCUT2D eigenvalue weighted by atomic mass is 9.88. The molecule has 1 saturated heterocycles. The van der Waals surface area contributed by atoms with E-state index in [0.717, 1.165) is 19.5 Å². The van der Waals surface area contributed by atoms with E-state index in [2.05, 4.69) is 15.4 Å². The van der Waals surface area contributed by atoms with Crippen LogP contribution in [0.5, 0.6) is 0 Å². The number of hydrogen-bond donors (Lipinski definition) is 3. The molecule has 1 aliphatic rings. The summed E-state index contributed by atoms with van der Waals surface area (Å²) in [7, 11) is -3.46. The number of anilines is 1. The van der Waals surface area contributed by atoms with Crippen molar-refractivity contribution in [3.8, 4) is 0 Å². The Morgan fingerprint density at radius 2 is 1.95 bits per heavy atom. The summed E-state index contributed by atoms with van der Waals surface area (Å²) in [6.45, 7) is 5.96. The predicted molar refractivity (Wildman–Crippen MR) is 86.1 cm³/mol. The highest BCUT2D eigenvalue weighted by atomic mass is 32.2. The third kappa shape index (κ3) is 4.06. The highest BCUT2D eigenvalue weighted by Crippen LogP contribution is 2.19. The van der Waals surface area contributed by atoms with Crippen LogP contribution in [0.25, 0.3) is 0 Å². The summed E-state index contributed by atoms with van der Waals surface area (Å²) in [6.07, 6.45) is 0.737. The van der Waals surface area contributed by atoms with Gasteiger partial charge >= 0.3 is 0 Å². The SMILES string of the molecule is CCCNS(=O)(=O)c1ccc(NC(=O)C(C)C2CNC2)cc1. The number of nitrogens with one attached hydrogen (secondary N) is 3. The monoisotopic (exact) mass is 325 g/mol. The van der Waals surface area contributed by atoms with Crippen LogP contribution in [0.4, 0.5) is 5.69 Å². The summed E-state index contributed by atoms with van der Waals surface area (Å²) < 4.78 is 26.4. The zero-order valence-corrected chi connectivity index (χ0v) is 13.7. The molecular formula is C15H23N3O3S. The fourth-order valence-electron chi connectivity index (χ4n) is 2.17. The van der Waals surface area contributed by atoms with Gasteiger partial charge in [-0.2, -0.15) is 0 Å². The topological polar surface area (TPSA) is 87.3 Å². The van der Waals surface area contributed by atoms with Crippen LogP contribution < -0.4 is 15.4 Å². The number of sulfonamides is 1. The number of hydrogen-bond acceptors (Lipinski definition) is 4. The van der Waals surface area contributed by atoms with Gasteiger partial charge in [-0.05, 0) is 49.7 Å². The van der Waals surface area contributed by atoms with Crippen LogP contribution in [-0.2, 0) is 14.8 Å². The van der Waals surface area contributed by atoms with Gasteiger partial charge in [-0.3, -0.25) is 4.79 Å². The third-order valence-electron chi connectivity index (χ3n) is 3.91. The summed E-state index contributed by atoms with van der Waals surface area (Å²) in [6, 6.07) is 6.24. The molecule has 0 bridgehead atoms. The number of carbonyl (C=O) groups is 1. The minimum Gasteiger partial charge on any atom is -0.326 e. The van der Waals surface area contributed by atoms with Crippen molar-refractivity contribution < 1.29 is 13.2 Å². The van der Waals surface area contributed by atoms with E-state index in [1.807, 2.05) is 13.8 Å². The lowest BCUT2D eigenvalue weighted by molar-refractivity contribution is -0.121. The van der Waals surface area contributed by atoms with Crippen LogP contribution in [0.2, 0.25) is 0 Å². The molecule has 1 unspecified atom stereocenters. The summed E-state index contributed by atoms with van der Waals surface area (Å²) in [4.78, 5) is 12.3. The average molecular weight is 325 g/mol. The van der Waals surface area contributed by atoms with Crippen molar-refractivity contribution in [1.82, 2.24) is 10.0 Å². The van der Waals surface area contributed by atoms with Crippen molar-refractivity contribution >= 4 is 21.6 Å². The van der Waals surface area contributed by atoms with Crippen molar-refractivity contribution in [3.05, 3.63) is 24.3 Å². The maximum absolute atomic E-state index is 12.1. The second kappa shape index (κ2) is 7.21. The summed E-state index contributed by atoms with van der Waals surface area (Å²) in [5.41, 5.74) is 0.610. The second-order valence-electron chi connectivity index (χ2n) is 5.62. The zero-order valence-electron chi connectivity index (χ0n) is 12.9. The first-order valence-corrected chi connectivity index (χ1v) is 9.03. The van der Waals surface area contributed by atoms with Crippen LogP contribution in [0.3, 0.4) is 0 Å². The highest BCUT2D eigenvalue weighted by Gasteiger charge is 2.28. The van der Waals surface area contributed by atoms with Gasteiger partial charge in [0, 0.05) is 18.2 Å². The van der Waals surface area contributed by atoms with E-state index < -0.39 is 10.0 Å². The van der Waals surface area contributed by atoms with Crippen LogP contribution in [0.15, 0.2) is 29.2 Å². The van der Waals surface area contributed by atoms with Gasteiger partial charge < -0.3 is 10.6 Å². The van der Waals surface area contributed by atoms with E-state index in [1.165, 1.54) is 12.1 Å². The van der Waals surface area contributed by atoms with E-state index in [-0.39, 0.29) is 16.7 Å². The first-order chi connectivity index (χ1) is 10.4. The Morgan fingerprint density at radius 3 is 2.45 bits per heavy atom. The van der Waals surface area contributed by atoms with Crippen molar-refractivity contribution in [1.29, 1.82) is 0 Å². The Labute approximate surface area is 131 Å². The van der Waals surface area contributed by atoms with E-state index in [4.69, 9.17) is 0 Å². The van der Waals surface area contributed by atoms with E-state index in [1.54, 1.807) is 12.1 Å². The second-order valence-corrected chi connectivity index (χ2v) is 7.39. The number of amides is 1. The third-order valence-corrected chi connectivity index (χ3v) is 5.38. The molecule has 22 heavy (non-hydrogen) atoms. The normalized spacial score (nSPS) is 16.8. The summed E-state index contributed by atoms with van der Waals surface area (Å²) in [5, 5.41) is 5.98. The molecule has 6 nitrogen and oxygen atoms in total. The Kier molecular flexibility index (Phi) is 5.55. The van der Waals surface area contributed by atoms with Gasteiger partial charge in [0.05, 0.1) is 4.90 Å². The van der Waals surface area contributed by atoms with Crippen molar-refractivity contribution in [2.24, 2.45) is 11.8 Å². The average Bonchev–Trinajstić information content (AvgIpc) is 2.44. The minimum absolute atomic E-state index is 0.0359. The van der Waals surface area contributed by atoms with Gasteiger partial charge in [0.1, 0.15) is 0 Å². The molecule has 1 aliphatic heterocycles. The molecule has 7 heteroatoms. The van der Waals surface area contributed by atoms with Crippen LogP contribution in [-0.4, -0.2) is 34.0 Å². The van der Waals surface area contributed by atoms with Crippen molar-refractivity contribution in [3.63, 3.8) is 0 Å². The van der Waals surface area contributed by atoms with Crippen LogP contribution in [0, 0.1) is 11.8 Å². The Morgan fingerprint density at radius 1 is 1.32 bits per heavy atom. The molecule has 0 spiro atoms. The molecule has 1 atom stereocenters. The fraction of sp³-hybridized carbons (Fsp3) is 0.533. The summed E-state index contributed by atoms with van der Waals surface area (Å²) in [5.74, 6) is 0.278. The molecule has 122 valence electrons. The highest BCUT2D eigenvalue weighted by molar-refractivity contribution is 7.89. The molecular weight excluding hydrogens is 302 g/mol. The molecule has 0 saturated carbocycles. The van der Waals surface area contributed by atoms with E-state index in [9.17, 15) is 13.2 Å². The first-order valence-electron chi connectivity index (χ1n) is 7.55. The Balaban J connectivity index is 1.98. The van der Waals surface area contributed by atoms with Gasteiger partial charge in [-0.1, -0.05) is 13.8 Å². The molecule has 1 aromatic rings.